The van der Waals surface area contributed by atoms with Gasteiger partial charge in [-0.25, -0.2) is 5.11 Å². The Morgan fingerprint density at radius 3 is 2.14 bits per heavy atom. The fourth-order valence-corrected chi connectivity index (χ4v) is 2.48. The molecule has 0 aliphatic heterocycles. The average Bonchev–Trinajstić information content (AvgIpc) is 2.00. The van der Waals surface area contributed by atoms with Crippen LogP contribution in [0.4, 0.5) is 0 Å². The van der Waals surface area contributed by atoms with Crippen LogP contribution in [0.15, 0.2) is 0 Å². The van der Waals surface area contributed by atoms with Gasteiger partial charge in [0, 0.05) is 0 Å². The highest BCUT2D eigenvalue weighted by molar-refractivity contribution is 7.86. The molecule has 0 spiro atoms. The zero-order valence-corrected chi connectivity index (χ0v) is 9.59. The van der Waals surface area contributed by atoms with Gasteiger partial charge in [0.25, 0.3) is 10.1 Å². The van der Waals surface area contributed by atoms with Crippen molar-refractivity contribution in [1.29, 1.82) is 0 Å². The highest BCUT2D eigenvalue weighted by atomic mass is 32.2. The van der Waals surface area contributed by atoms with E-state index in [1.807, 2.05) is 13.8 Å². The molecule has 1 N–H and O–H groups in total. The summed E-state index contributed by atoms with van der Waals surface area (Å²) < 4.78 is 30.8. The molecule has 0 bridgehead atoms. The quantitative estimate of drug-likeness (QED) is 0.529. The Morgan fingerprint density at radius 2 is 1.79 bits per heavy atom. The molecule has 1 radical (unpaired) electrons. The van der Waals surface area contributed by atoms with Crippen LogP contribution in [-0.2, 0) is 15.2 Å². The standard InChI is InChI=1S/C9H19O4S/c1-8(2)7-9(14(11,12)13)5-3-4-6-10/h8-9H,3-7H2,1-2H3,(H,11,12,13). The highest BCUT2D eigenvalue weighted by Crippen LogP contribution is 2.17. The molecular weight excluding hydrogens is 204 g/mol. The Hall–Kier alpha value is -0.130. The van der Waals surface area contributed by atoms with E-state index < -0.39 is 15.4 Å². The van der Waals surface area contributed by atoms with Crippen LogP contribution >= 0.6 is 0 Å². The van der Waals surface area contributed by atoms with Crippen LogP contribution in [-0.4, -0.2) is 24.8 Å². The minimum Gasteiger partial charge on any atom is -0.285 e. The SMILES string of the molecule is CC(C)CC(CCCC[O])S(=O)(=O)O. The van der Waals surface area contributed by atoms with Gasteiger partial charge in [0.1, 0.15) is 0 Å². The molecule has 0 aromatic carbocycles. The minimum atomic E-state index is -3.94. The van der Waals surface area contributed by atoms with Gasteiger partial charge in [-0.2, -0.15) is 8.42 Å². The lowest BCUT2D eigenvalue weighted by Crippen LogP contribution is -2.22. The van der Waals surface area contributed by atoms with Crippen molar-refractivity contribution in [2.75, 3.05) is 6.61 Å². The third-order valence-corrected chi connectivity index (χ3v) is 3.35. The van der Waals surface area contributed by atoms with Crippen LogP contribution in [0.2, 0.25) is 0 Å². The molecule has 0 aromatic rings. The summed E-state index contributed by atoms with van der Waals surface area (Å²) in [5.74, 6) is 0.231. The lowest BCUT2D eigenvalue weighted by Gasteiger charge is -2.15. The molecule has 0 aromatic heterocycles. The van der Waals surface area contributed by atoms with E-state index in [1.165, 1.54) is 0 Å². The molecule has 0 rings (SSSR count). The first-order valence-corrected chi connectivity index (χ1v) is 6.42. The molecule has 14 heavy (non-hydrogen) atoms. The Bertz CT molecular complexity index is 233. The van der Waals surface area contributed by atoms with Gasteiger partial charge in [-0.3, -0.25) is 4.55 Å². The van der Waals surface area contributed by atoms with Gasteiger partial charge in [-0.05, 0) is 31.6 Å². The van der Waals surface area contributed by atoms with Gasteiger partial charge in [0.15, 0.2) is 0 Å². The Balaban J connectivity index is 4.13. The van der Waals surface area contributed by atoms with Crippen molar-refractivity contribution < 1.29 is 18.1 Å². The van der Waals surface area contributed by atoms with Crippen molar-refractivity contribution in [3.63, 3.8) is 0 Å². The number of rotatable bonds is 7. The smallest absolute Gasteiger partial charge is 0.267 e. The normalized spacial score (nSPS) is 14.6. The lowest BCUT2D eigenvalue weighted by molar-refractivity contribution is 0.185. The number of unbranched alkanes of at least 4 members (excludes halogenated alkanes) is 1. The Kier molecular flexibility index (Phi) is 6.31. The molecule has 0 aliphatic carbocycles. The third kappa shape index (κ3) is 6.34. The maximum absolute atomic E-state index is 10.9. The largest absolute Gasteiger partial charge is 0.285 e. The van der Waals surface area contributed by atoms with E-state index in [2.05, 4.69) is 0 Å². The summed E-state index contributed by atoms with van der Waals surface area (Å²) in [6, 6.07) is 0. The van der Waals surface area contributed by atoms with Crippen LogP contribution < -0.4 is 0 Å². The highest BCUT2D eigenvalue weighted by Gasteiger charge is 2.23. The summed E-state index contributed by atoms with van der Waals surface area (Å²) in [5.41, 5.74) is 0. The molecule has 5 heteroatoms. The van der Waals surface area contributed by atoms with E-state index >= 15 is 0 Å². The molecule has 0 saturated heterocycles. The van der Waals surface area contributed by atoms with Gasteiger partial charge in [0.05, 0.1) is 11.9 Å². The van der Waals surface area contributed by atoms with Crippen molar-refractivity contribution >= 4 is 10.1 Å². The Morgan fingerprint density at radius 1 is 1.21 bits per heavy atom. The van der Waals surface area contributed by atoms with E-state index in [4.69, 9.17) is 4.55 Å². The van der Waals surface area contributed by atoms with E-state index in [0.717, 1.165) is 0 Å². The second-order valence-corrected chi connectivity index (χ2v) is 5.66. The maximum Gasteiger partial charge on any atom is 0.267 e. The predicted octanol–water partition coefficient (Wildman–Crippen LogP) is 1.89. The van der Waals surface area contributed by atoms with Crippen LogP contribution in [0, 0.1) is 5.92 Å². The molecule has 1 atom stereocenters. The van der Waals surface area contributed by atoms with Crippen LogP contribution in [0.1, 0.15) is 39.5 Å². The first-order chi connectivity index (χ1) is 6.38. The van der Waals surface area contributed by atoms with Gasteiger partial charge < -0.3 is 0 Å². The average molecular weight is 223 g/mol. The van der Waals surface area contributed by atoms with E-state index in [-0.39, 0.29) is 12.5 Å². The van der Waals surface area contributed by atoms with Crippen molar-refractivity contribution in [3.8, 4) is 0 Å². The van der Waals surface area contributed by atoms with Crippen LogP contribution in [0.5, 0.6) is 0 Å². The fraction of sp³-hybridized carbons (Fsp3) is 1.00. The van der Waals surface area contributed by atoms with Gasteiger partial charge in [-0.1, -0.05) is 13.8 Å². The Labute approximate surface area is 86.1 Å². The molecule has 0 saturated carbocycles. The van der Waals surface area contributed by atoms with Crippen LogP contribution in [0.25, 0.3) is 0 Å². The molecule has 0 heterocycles. The van der Waals surface area contributed by atoms with Gasteiger partial charge in [0.2, 0.25) is 0 Å². The summed E-state index contributed by atoms with van der Waals surface area (Å²) in [6.07, 6.45) is 1.89. The van der Waals surface area contributed by atoms with E-state index in [9.17, 15) is 13.5 Å². The zero-order valence-electron chi connectivity index (χ0n) is 8.77. The maximum atomic E-state index is 10.9. The molecule has 0 aliphatic rings. The van der Waals surface area contributed by atoms with Crippen LogP contribution in [0.3, 0.4) is 0 Å². The van der Waals surface area contributed by atoms with Crippen molar-refractivity contribution in [2.24, 2.45) is 5.92 Å². The first-order valence-electron chi connectivity index (χ1n) is 4.92. The van der Waals surface area contributed by atoms with E-state index in [1.54, 1.807) is 0 Å². The number of hydrogen-bond donors (Lipinski definition) is 1. The molecule has 85 valence electrons. The molecule has 0 fully saturated rings. The molecule has 0 amide bonds. The summed E-state index contributed by atoms with van der Waals surface area (Å²) in [5, 5.41) is 9.47. The monoisotopic (exact) mass is 223 g/mol. The van der Waals surface area contributed by atoms with Crippen molar-refractivity contribution in [3.05, 3.63) is 0 Å². The van der Waals surface area contributed by atoms with E-state index in [0.29, 0.717) is 25.7 Å². The van der Waals surface area contributed by atoms with Gasteiger partial charge >= 0.3 is 0 Å². The summed E-state index contributed by atoms with van der Waals surface area (Å²) in [4.78, 5) is 0. The molecule has 4 nitrogen and oxygen atoms in total. The predicted molar refractivity (Wildman–Crippen MR) is 54.2 cm³/mol. The third-order valence-electron chi connectivity index (χ3n) is 2.08. The second kappa shape index (κ2) is 6.37. The topological polar surface area (TPSA) is 74.3 Å². The van der Waals surface area contributed by atoms with Crippen molar-refractivity contribution in [2.45, 2.75) is 44.8 Å². The second-order valence-electron chi connectivity index (χ2n) is 3.97. The molecule has 1 unspecified atom stereocenters. The first kappa shape index (κ1) is 13.9. The van der Waals surface area contributed by atoms with Gasteiger partial charge in [-0.15, -0.1) is 0 Å². The minimum absolute atomic E-state index is 0.181. The fourth-order valence-electron chi connectivity index (χ4n) is 1.39. The number of hydrogen-bond acceptors (Lipinski definition) is 2. The molecular formula is C9H19O4S. The summed E-state index contributed by atoms with van der Waals surface area (Å²) >= 11 is 0. The lowest BCUT2D eigenvalue weighted by atomic mass is 10.0. The summed E-state index contributed by atoms with van der Waals surface area (Å²) in [7, 11) is -3.94. The summed E-state index contributed by atoms with van der Waals surface area (Å²) in [6.45, 7) is 3.64. The van der Waals surface area contributed by atoms with Crippen molar-refractivity contribution in [1.82, 2.24) is 0 Å². The zero-order chi connectivity index (χ0) is 11.2.